The van der Waals surface area contributed by atoms with Gasteiger partial charge in [-0.2, -0.15) is 0 Å². The number of hydrogen-bond acceptors (Lipinski definition) is 9. The molecule has 4 unspecified atom stereocenters. The lowest BCUT2D eigenvalue weighted by Crippen LogP contribution is -2.42. The normalized spacial score (nSPS) is 16.0. The molecule has 0 aliphatic heterocycles. The smallest absolute Gasteiger partial charge is 0.161 e. The van der Waals surface area contributed by atoms with Gasteiger partial charge in [-0.25, -0.2) is 0 Å². The number of rotatable bonds is 21. The van der Waals surface area contributed by atoms with Gasteiger partial charge in [0.15, 0.2) is 23.0 Å². The van der Waals surface area contributed by atoms with Crippen LogP contribution >= 0.6 is 0 Å². The summed E-state index contributed by atoms with van der Waals surface area (Å²) in [4.78, 5) is 9.49. The SMILES string of the molecule is CCC(COCC(C)OCC(C)/N=C/c1ccc(O)c(OC)c1)(CC(C)(C)C)CC(C)(C)OCC(C)C(C)(C)/N=C/c1ccc(O)c(OC)c1. The Morgan fingerprint density at radius 2 is 1.32 bits per heavy atom. The van der Waals surface area contributed by atoms with Crippen LogP contribution in [0, 0.1) is 16.7 Å². The fraction of sp³-hybridized carbons (Fsp3) is 0.659. The van der Waals surface area contributed by atoms with Gasteiger partial charge in [0.2, 0.25) is 0 Å². The Hall–Kier alpha value is -3.14. The Morgan fingerprint density at radius 1 is 0.760 bits per heavy atom. The van der Waals surface area contributed by atoms with Crippen molar-refractivity contribution in [1.29, 1.82) is 0 Å². The van der Waals surface area contributed by atoms with Crippen LogP contribution in [-0.4, -0.2) is 86.6 Å². The lowest BCUT2D eigenvalue weighted by molar-refractivity contribution is -0.102. The third-order valence-electron chi connectivity index (χ3n) is 9.20. The van der Waals surface area contributed by atoms with Gasteiger partial charge in [0.05, 0.1) is 63.9 Å². The number of hydrogen-bond donors (Lipinski definition) is 2. The van der Waals surface area contributed by atoms with E-state index in [1.807, 2.05) is 26.1 Å². The van der Waals surface area contributed by atoms with Crippen LogP contribution in [0.3, 0.4) is 0 Å². The molecule has 9 nitrogen and oxygen atoms in total. The van der Waals surface area contributed by atoms with E-state index in [4.69, 9.17) is 28.7 Å². The minimum absolute atomic E-state index is 0.0415. The molecule has 0 spiro atoms. The predicted octanol–water partition coefficient (Wildman–Crippen LogP) is 8.90. The summed E-state index contributed by atoms with van der Waals surface area (Å²) in [6, 6.07) is 10.3. The molecular weight excluding hydrogens is 632 g/mol. The minimum atomic E-state index is -0.375. The van der Waals surface area contributed by atoms with Crippen LogP contribution in [0.2, 0.25) is 0 Å². The van der Waals surface area contributed by atoms with E-state index in [1.54, 1.807) is 36.5 Å². The fourth-order valence-electron chi connectivity index (χ4n) is 6.12. The first-order valence-electron chi connectivity index (χ1n) is 17.9. The number of ether oxygens (including phenoxy) is 5. The van der Waals surface area contributed by atoms with E-state index in [1.165, 1.54) is 14.2 Å². The number of aliphatic imine (C=N–C) groups is 2. The van der Waals surface area contributed by atoms with Crippen LogP contribution in [0.15, 0.2) is 46.4 Å². The molecule has 0 aromatic heterocycles. The molecule has 2 aromatic rings. The van der Waals surface area contributed by atoms with Crippen LogP contribution < -0.4 is 9.47 Å². The first-order chi connectivity index (χ1) is 23.2. The number of aromatic hydroxyl groups is 2. The summed E-state index contributed by atoms with van der Waals surface area (Å²) < 4.78 is 29.6. The summed E-state index contributed by atoms with van der Waals surface area (Å²) in [6.45, 7) is 26.1. The van der Waals surface area contributed by atoms with Crippen molar-refractivity contribution in [3.8, 4) is 23.0 Å². The van der Waals surface area contributed by atoms with E-state index in [2.05, 4.69) is 67.3 Å². The van der Waals surface area contributed by atoms with Crippen LogP contribution in [0.4, 0.5) is 0 Å². The van der Waals surface area contributed by atoms with Crippen LogP contribution in [0.25, 0.3) is 0 Å². The number of nitrogens with zero attached hydrogens (tertiary/aromatic N) is 2. The maximum absolute atomic E-state index is 9.92. The lowest BCUT2D eigenvalue weighted by atomic mass is 9.67. The zero-order valence-corrected chi connectivity index (χ0v) is 33.1. The molecule has 4 atom stereocenters. The quantitative estimate of drug-likeness (QED) is 0.125. The molecule has 9 heteroatoms. The predicted molar refractivity (Wildman–Crippen MR) is 205 cm³/mol. The summed E-state index contributed by atoms with van der Waals surface area (Å²) >= 11 is 0. The topological polar surface area (TPSA) is 111 Å². The summed E-state index contributed by atoms with van der Waals surface area (Å²) in [7, 11) is 3.07. The van der Waals surface area contributed by atoms with Gasteiger partial charge >= 0.3 is 0 Å². The van der Waals surface area contributed by atoms with Crippen molar-refractivity contribution >= 4 is 12.4 Å². The van der Waals surface area contributed by atoms with Crippen molar-refractivity contribution in [3.05, 3.63) is 47.5 Å². The van der Waals surface area contributed by atoms with E-state index in [0.717, 1.165) is 30.4 Å². The molecule has 0 saturated heterocycles. The molecule has 0 saturated carbocycles. The fourth-order valence-corrected chi connectivity index (χ4v) is 6.12. The second kappa shape index (κ2) is 18.9. The molecule has 0 amide bonds. The number of phenolic OH excluding ortho intramolecular Hbond substituents is 2. The molecule has 0 aliphatic carbocycles. The molecular formula is C41H66N2O7. The second-order valence-corrected chi connectivity index (χ2v) is 16.3. The van der Waals surface area contributed by atoms with Crippen LogP contribution in [-0.2, 0) is 14.2 Å². The molecule has 2 N–H and O–H groups in total. The van der Waals surface area contributed by atoms with Gasteiger partial charge in [-0.05, 0) is 119 Å². The zero-order valence-electron chi connectivity index (χ0n) is 33.1. The first kappa shape index (κ1) is 43.0. The van der Waals surface area contributed by atoms with Crippen molar-refractivity contribution in [1.82, 2.24) is 0 Å². The van der Waals surface area contributed by atoms with E-state index in [0.29, 0.717) is 37.9 Å². The first-order valence-corrected chi connectivity index (χ1v) is 17.9. The van der Waals surface area contributed by atoms with Crippen molar-refractivity contribution in [2.45, 2.75) is 119 Å². The van der Waals surface area contributed by atoms with Crippen molar-refractivity contribution in [3.63, 3.8) is 0 Å². The Bertz CT molecular complexity index is 1380. The van der Waals surface area contributed by atoms with E-state index in [9.17, 15) is 10.2 Å². The van der Waals surface area contributed by atoms with E-state index < -0.39 is 0 Å². The third kappa shape index (κ3) is 14.6. The highest BCUT2D eigenvalue weighted by Gasteiger charge is 2.40. The van der Waals surface area contributed by atoms with Crippen LogP contribution in [0.1, 0.15) is 107 Å². The summed E-state index contributed by atoms with van der Waals surface area (Å²) in [5.74, 6) is 1.21. The molecule has 0 bridgehead atoms. The third-order valence-corrected chi connectivity index (χ3v) is 9.20. The Balaban J connectivity index is 1.97. The number of phenols is 2. The van der Waals surface area contributed by atoms with Gasteiger partial charge < -0.3 is 33.9 Å². The van der Waals surface area contributed by atoms with Gasteiger partial charge in [0, 0.05) is 18.3 Å². The minimum Gasteiger partial charge on any atom is -0.504 e. The Kier molecular flexibility index (Phi) is 16.3. The summed E-state index contributed by atoms with van der Waals surface area (Å²) in [6.07, 6.45) is 6.37. The highest BCUT2D eigenvalue weighted by Crippen LogP contribution is 2.44. The van der Waals surface area contributed by atoms with Crippen molar-refractivity contribution < 1.29 is 33.9 Å². The standard InChI is InChI=1S/C41H66N2O7/c1-14-41(26-38(5,6)7,28-48-25-31(4)49-24-30(3)42-21-32-15-17-34(44)36(19-32)46-12)27-39(8,9)50-23-29(2)40(10,11)43-22-33-16-18-35(45)37(20-33)47-13/h15-22,29-31,44-45H,14,23-28H2,1-13H3/b42-21+,43-22+. The monoisotopic (exact) mass is 698 g/mol. The van der Waals surface area contributed by atoms with Gasteiger partial charge in [-0.15, -0.1) is 0 Å². The average molecular weight is 699 g/mol. The molecule has 2 aromatic carbocycles. The molecule has 50 heavy (non-hydrogen) atoms. The molecule has 2 rings (SSSR count). The average Bonchev–Trinajstić information content (AvgIpc) is 3.04. The number of benzene rings is 2. The molecule has 0 fully saturated rings. The largest absolute Gasteiger partial charge is 0.504 e. The van der Waals surface area contributed by atoms with Crippen molar-refractivity contribution in [2.24, 2.45) is 26.7 Å². The van der Waals surface area contributed by atoms with Crippen LogP contribution in [0.5, 0.6) is 23.0 Å². The lowest BCUT2D eigenvalue weighted by Gasteiger charge is -2.43. The van der Waals surface area contributed by atoms with Gasteiger partial charge in [-0.1, -0.05) is 34.6 Å². The highest BCUT2D eigenvalue weighted by molar-refractivity contribution is 5.81. The maximum atomic E-state index is 9.92. The van der Waals surface area contributed by atoms with Gasteiger partial charge in [0.25, 0.3) is 0 Å². The highest BCUT2D eigenvalue weighted by atomic mass is 16.5. The molecule has 0 aliphatic rings. The van der Waals surface area contributed by atoms with Gasteiger partial charge in [-0.3, -0.25) is 9.98 Å². The van der Waals surface area contributed by atoms with E-state index in [-0.39, 0.29) is 51.5 Å². The molecule has 0 heterocycles. The van der Waals surface area contributed by atoms with E-state index >= 15 is 0 Å². The van der Waals surface area contributed by atoms with Crippen molar-refractivity contribution in [2.75, 3.05) is 40.6 Å². The number of methoxy groups -OCH3 is 2. The maximum Gasteiger partial charge on any atom is 0.161 e. The van der Waals surface area contributed by atoms with Gasteiger partial charge in [0.1, 0.15) is 0 Å². The Morgan fingerprint density at radius 3 is 1.84 bits per heavy atom. The molecule has 0 radical (unpaired) electrons. The Labute approximate surface area is 302 Å². The zero-order chi connectivity index (χ0) is 37.8. The second-order valence-electron chi connectivity index (χ2n) is 16.3. The molecule has 282 valence electrons. The summed E-state index contributed by atoms with van der Waals surface area (Å²) in [5.41, 5.74) is 1.02. The summed E-state index contributed by atoms with van der Waals surface area (Å²) in [5, 5.41) is 19.7.